The molecule has 0 bridgehead atoms. The van der Waals surface area contributed by atoms with Gasteiger partial charge in [-0.25, -0.2) is 13.2 Å². The molecule has 0 atom stereocenters. The molecular formula is C20H20N2O7S. The van der Waals surface area contributed by atoms with E-state index in [0.29, 0.717) is 16.9 Å². The van der Waals surface area contributed by atoms with Gasteiger partial charge in [-0.2, -0.15) is 0 Å². The average molecular weight is 432 g/mol. The summed E-state index contributed by atoms with van der Waals surface area (Å²) in [6, 6.07) is 11.1. The van der Waals surface area contributed by atoms with Crippen LogP contribution in [0.4, 0.5) is 0 Å². The lowest BCUT2D eigenvalue weighted by molar-refractivity contribution is 0.0944. The molecule has 0 aliphatic heterocycles. The summed E-state index contributed by atoms with van der Waals surface area (Å²) in [5.41, 5.74) is 2.04. The van der Waals surface area contributed by atoms with Crippen molar-refractivity contribution in [2.24, 2.45) is 0 Å². The maximum absolute atomic E-state index is 12.5. The lowest BCUT2D eigenvalue weighted by Crippen LogP contribution is -2.41. The van der Waals surface area contributed by atoms with E-state index < -0.39 is 21.6 Å². The van der Waals surface area contributed by atoms with Gasteiger partial charge in [-0.1, -0.05) is 0 Å². The number of rotatable bonds is 7. The zero-order valence-electron chi connectivity index (χ0n) is 16.5. The fourth-order valence-electron chi connectivity index (χ4n) is 2.62. The molecule has 3 rings (SSSR count). The third-order valence-electron chi connectivity index (χ3n) is 3.99. The fourth-order valence-corrected chi connectivity index (χ4v) is 3.50. The Kier molecular flexibility index (Phi) is 6.09. The van der Waals surface area contributed by atoms with Gasteiger partial charge < -0.3 is 13.9 Å². The summed E-state index contributed by atoms with van der Waals surface area (Å²) in [6.07, 6.45) is -0.0830. The van der Waals surface area contributed by atoms with E-state index in [1.54, 1.807) is 6.07 Å². The molecule has 2 aromatic carbocycles. The molecular weight excluding hydrogens is 412 g/mol. The predicted octanol–water partition coefficient (Wildman–Crippen LogP) is 2.21. The molecule has 0 fully saturated rings. The molecule has 1 aromatic heterocycles. The first-order valence-electron chi connectivity index (χ1n) is 8.90. The first kappa shape index (κ1) is 21.3. The Morgan fingerprint density at radius 2 is 1.80 bits per heavy atom. The van der Waals surface area contributed by atoms with Crippen molar-refractivity contribution in [2.45, 2.75) is 24.8 Å². The van der Waals surface area contributed by atoms with Crippen LogP contribution in [0.1, 0.15) is 24.2 Å². The highest BCUT2D eigenvalue weighted by atomic mass is 32.2. The molecule has 0 saturated carbocycles. The van der Waals surface area contributed by atoms with Gasteiger partial charge in [0.05, 0.1) is 18.1 Å². The van der Waals surface area contributed by atoms with Gasteiger partial charge in [0, 0.05) is 17.0 Å². The largest absolute Gasteiger partial charge is 0.493 e. The van der Waals surface area contributed by atoms with E-state index in [1.165, 1.54) is 49.6 Å². The smallest absolute Gasteiger partial charge is 0.336 e. The topological polar surface area (TPSA) is 124 Å². The number of carbonyl (C=O) groups excluding carboxylic acids is 1. The first-order valence-corrected chi connectivity index (χ1v) is 10.4. The van der Waals surface area contributed by atoms with Crippen LogP contribution in [-0.2, 0) is 10.0 Å². The van der Waals surface area contributed by atoms with Crippen LogP contribution in [0.5, 0.6) is 11.5 Å². The second-order valence-electron chi connectivity index (χ2n) is 6.55. The lowest BCUT2D eigenvalue weighted by atomic mass is 10.2. The highest BCUT2D eigenvalue weighted by Crippen LogP contribution is 2.29. The van der Waals surface area contributed by atoms with E-state index in [9.17, 15) is 18.0 Å². The summed E-state index contributed by atoms with van der Waals surface area (Å²) < 4.78 is 40.8. The highest BCUT2D eigenvalue weighted by molar-refractivity contribution is 7.89. The minimum Gasteiger partial charge on any atom is -0.493 e. The molecule has 30 heavy (non-hydrogen) atoms. The number of hydrazine groups is 1. The van der Waals surface area contributed by atoms with Crippen molar-refractivity contribution < 1.29 is 27.1 Å². The van der Waals surface area contributed by atoms with Crippen molar-refractivity contribution in [3.8, 4) is 11.5 Å². The second kappa shape index (κ2) is 8.56. The molecule has 0 saturated heterocycles. The quantitative estimate of drug-likeness (QED) is 0.433. The van der Waals surface area contributed by atoms with Crippen LogP contribution < -0.4 is 25.4 Å². The highest BCUT2D eigenvalue weighted by Gasteiger charge is 2.18. The number of nitrogens with one attached hydrogen (secondary N) is 2. The van der Waals surface area contributed by atoms with Crippen molar-refractivity contribution in [3.63, 3.8) is 0 Å². The Bertz CT molecular complexity index is 1250. The van der Waals surface area contributed by atoms with Crippen LogP contribution >= 0.6 is 0 Å². The van der Waals surface area contributed by atoms with Crippen molar-refractivity contribution in [1.29, 1.82) is 0 Å². The molecule has 1 heterocycles. The van der Waals surface area contributed by atoms with Crippen molar-refractivity contribution >= 4 is 26.9 Å². The number of sulfonamides is 1. The van der Waals surface area contributed by atoms with E-state index >= 15 is 0 Å². The van der Waals surface area contributed by atoms with Gasteiger partial charge in [-0.3, -0.25) is 10.2 Å². The molecule has 2 N–H and O–H groups in total. The van der Waals surface area contributed by atoms with Crippen molar-refractivity contribution in [1.82, 2.24) is 10.3 Å². The second-order valence-corrected chi connectivity index (χ2v) is 8.23. The predicted molar refractivity (Wildman–Crippen MR) is 109 cm³/mol. The maximum atomic E-state index is 12.5. The Labute approximate surface area is 172 Å². The number of hydrogen-bond acceptors (Lipinski definition) is 7. The molecule has 158 valence electrons. The van der Waals surface area contributed by atoms with Gasteiger partial charge in [0.25, 0.3) is 15.9 Å². The molecule has 0 spiro atoms. The van der Waals surface area contributed by atoms with Crippen LogP contribution in [-0.4, -0.2) is 27.5 Å². The molecule has 10 heteroatoms. The molecule has 3 aromatic rings. The summed E-state index contributed by atoms with van der Waals surface area (Å²) in [6.45, 7) is 3.71. The number of ether oxygens (including phenoxy) is 2. The number of carbonyl (C=O) groups is 1. The average Bonchev–Trinajstić information content (AvgIpc) is 2.71. The SMILES string of the molecule is COc1cc(C(=O)NNS(=O)(=O)c2ccc3oc(=O)ccc3c2)ccc1OC(C)C. The third kappa shape index (κ3) is 4.78. The molecule has 9 nitrogen and oxygen atoms in total. The van der Waals surface area contributed by atoms with Gasteiger partial charge in [0.2, 0.25) is 0 Å². The monoisotopic (exact) mass is 432 g/mol. The summed E-state index contributed by atoms with van der Waals surface area (Å²) in [5.74, 6) is 0.127. The Morgan fingerprint density at radius 3 is 2.50 bits per heavy atom. The minimum absolute atomic E-state index is 0.0830. The first-order chi connectivity index (χ1) is 14.2. The lowest BCUT2D eigenvalue weighted by Gasteiger charge is -2.14. The number of methoxy groups -OCH3 is 1. The molecule has 0 unspecified atom stereocenters. The Morgan fingerprint density at radius 1 is 1.03 bits per heavy atom. The van der Waals surface area contributed by atoms with Crippen LogP contribution in [0.15, 0.2) is 62.6 Å². The van der Waals surface area contributed by atoms with Crippen LogP contribution in [0.2, 0.25) is 0 Å². The van der Waals surface area contributed by atoms with Crippen LogP contribution in [0.3, 0.4) is 0 Å². The number of fused-ring (bicyclic) bond motifs is 1. The Hall–Kier alpha value is -3.37. The summed E-state index contributed by atoms with van der Waals surface area (Å²) in [5, 5.41) is 0.425. The van der Waals surface area contributed by atoms with Gasteiger partial charge in [-0.05, 0) is 56.3 Å². The van der Waals surface area contributed by atoms with E-state index in [4.69, 9.17) is 13.9 Å². The molecule has 0 aliphatic carbocycles. The summed E-state index contributed by atoms with van der Waals surface area (Å²) >= 11 is 0. The van der Waals surface area contributed by atoms with Crippen LogP contribution in [0.25, 0.3) is 11.0 Å². The van der Waals surface area contributed by atoms with Gasteiger partial charge in [0.1, 0.15) is 5.58 Å². The number of hydrogen-bond donors (Lipinski definition) is 2. The van der Waals surface area contributed by atoms with E-state index in [2.05, 4.69) is 5.43 Å². The molecule has 1 amide bonds. The number of benzene rings is 2. The maximum Gasteiger partial charge on any atom is 0.336 e. The standard InChI is InChI=1S/C20H20N2O7S/c1-12(2)28-17-7-4-14(11-18(17)27-3)20(24)21-22-30(25,26)15-6-8-16-13(10-15)5-9-19(23)29-16/h4-12,22H,1-3H3,(H,21,24). The van der Waals surface area contributed by atoms with E-state index in [0.717, 1.165) is 0 Å². The zero-order chi connectivity index (χ0) is 21.9. The molecule has 0 radical (unpaired) electrons. The van der Waals surface area contributed by atoms with E-state index in [-0.39, 0.29) is 22.1 Å². The van der Waals surface area contributed by atoms with Gasteiger partial charge >= 0.3 is 5.63 Å². The summed E-state index contributed by atoms with van der Waals surface area (Å²) in [7, 11) is -2.62. The van der Waals surface area contributed by atoms with E-state index in [1.807, 2.05) is 18.7 Å². The van der Waals surface area contributed by atoms with Crippen LogP contribution in [0, 0.1) is 0 Å². The Balaban J connectivity index is 1.76. The van der Waals surface area contributed by atoms with Gasteiger partial charge in [-0.15, -0.1) is 4.83 Å². The zero-order valence-corrected chi connectivity index (χ0v) is 17.3. The van der Waals surface area contributed by atoms with Crippen molar-refractivity contribution in [2.75, 3.05) is 7.11 Å². The third-order valence-corrected chi connectivity index (χ3v) is 5.23. The number of amides is 1. The van der Waals surface area contributed by atoms with Gasteiger partial charge in [0.15, 0.2) is 11.5 Å². The molecule has 0 aliphatic rings. The minimum atomic E-state index is -4.06. The van der Waals surface area contributed by atoms with Crippen molar-refractivity contribution in [3.05, 3.63) is 64.5 Å². The fraction of sp³-hybridized carbons (Fsp3) is 0.200. The summed E-state index contributed by atoms with van der Waals surface area (Å²) in [4.78, 5) is 25.6. The normalized spacial score (nSPS) is 11.5.